The van der Waals surface area contributed by atoms with Crippen molar-refractivity contribution in [3.05, 3.63) is 51.7 Å². The highest BCUT2D eigenvalue weighted by molar-refractivity contribution is 7.10. The molecule has 0 bridgehead atoms. The molecule has 0 fully saturated rings. The van der Waals surface area contributed by atoms with Gasteiger partial charge in [-0.15, -0.1) is 11.3 Å². The maximum atomic E-state index is 10.9. The molecule has 4 heteroatoms. The normalized spacial score (nSPS) is 12.1. The molecule has 0 saturated carbocycles. The van der Waals surface area contributed by atoms with Crippen LogP contribution in [0.5, 0.6) is 0 Å². The Labute approximate surface area is 129 Å². The Balaban J connectivity index is 2.29. The molecule has 1 aromatic carbocycles. The fraction of sp³-hybridized carbons (Fsp3) is 0.353. The van der Waals surface area contributed by atoms with Crippen LogP contribution in [-0.4, -0.2) is 17.6 Å². The summed E-state index contributed by atoms with van der Waals surface area (Å²) in [4.78, 5) is 14.4. The molecule has 0 amide bonds. The van der Waals surface area contributed by atoms with E-state index in [-0.39, 0.29) is 12.5 Å². The lowest BCUT2D eigenvalue weighted by molar-refractivity contribution is -0.136. The second-order valence-electron chi connectivity index (χ2n) is 5.32. The molecule has 0 aliphatic heterocycles. The van der Waals surface area contributed by atoms with Gasteiger partial charge in [0.05, 0.1) is 12.5 Å². The van der Waals surface area contributed by atoms with Gasteiger partial charge in [0, 0.05) is 17.1 Å². The summed E-state index contributed by atoms with van der Waals surface area (Å²) in [5.41, 5.74) is 3.54. The van der Waals surface area contributed by atoms with E-state index in [1.54, 1.807) is 11.3 Å². The van der Waals surface area contributed by atoms with E-state index in [0.717, 1.165) is 5.69 Å². The minimum atomic E-state index is -0.762. The van der Waals surface area contributed by atoms with E-state index < -0.39 is 5.97 Å². The number of thiophene rings is 1. The lowest BCUT2D eigenvalue weighted by Crippen LogP contribution is -2.29. The van der Waals surface area contributed by atoms with Gasteiger partial charge in [-0.2, -0.15) is 0 Å². The summed E-state index contributed by atoms with van der Waals surface area (Å²) in [6, 6.07) is 10.6. The van der Waals surface area contributed by atoms with Crippen molar-refractivity contribution >= 4 is 23.0 Å². The third-order valence-corrected chi connectivity index (χ3v) is 4.87. The second-order valence-corrected chi connectivity index (χ2v) is 6.26. The number of anilines is 1. The van der Waals surface area contributed by atoms with Crippen molar-refractivity contribution < 1.29 is 9.90 Å². The number of nitrogens with zero attached hydrogens (tertiary/aromatic N) is 1. The minimum absolute atomic E-state index is 0.142. The number of carboxylic acid groups (broad SMARTS) is 1. The zero-order valence-corrected chi connectivity index (χ0v) is 13.5. The average molecular weight is 303 g/mol. The molecular formula is C17H21NO2S. The van der Waals surface area contributed by atoms with Crippen LogP contribution in [0.3, 0.4) is 0 Å². The third-order valence-electron chi connectivity index (χ3n) is 3.68. The van der Waals surface area contributed by atoms with Gasteiger partial charge in [-0.25, -0.2) is 0 Å². The number of aliphatic carboxylic acids is 1. The Morgan fingerprint density at radius 2 is 1.90 bits per heavy atom. The summed E-state index contributed by atoms with van der Waals surface area (Å²) < 4.78 is 0. The molecule has 2 rings (SSSR count). The van der Waals surface area contributed by atoms with E-state index in [2.05, 4.69) is 61.4 Å². The van der Waals surface area contributed by atoms with E-state index in [9.17, 15) is 4.79 Å². The molecule has 0 aliphatic carbocycles. The van der Waals surface area contributed by atoms with Crippen LogP contribution in [0, 0.1) is 13.8 Å². The van der Waals surface area contributed by atoms with Crippen molar-refractivity contribution in [3.63, 3.8) is 0 Å². The molecule has 0 spiro atoms. The summed E-state index contributed by atoms with van der Waals surface area (Å²) in [5.74, 6) is -0.762. The van der Waals surface area contributed by atoms with Gasteiger partial charge in [-0.3, -0.25) is 4.79 Å². The molecule has 0 aliphatic rings. The van der Waals surface area contributed by atoms with E-state index in [1.807, 2.05) is 0 Å². The lowest BCUT2D eigenvalue weighted by atomic mass is 10.1. The third kappa shape index (κ3) is 3.85. The largest absolute Gasteiger partial charge is 0.481 e. The van der Waals surface area contributed by atoms with Crippen molar-refractivity contribution in [2.75, 3.05) is 11.4 Å². The van der Waals surface area contributed by atoms with Crippen molar-refractivity contribution in [2.24, 2.45) is 0 Å². The first-order valence-electron chi connectivity index (χ1n) is 7.08. The summed E-state index contributed by atoms with van der Waals surface area (Å²) in [7, 11) is 0. The molecule has 1 heterocycles. The molecule has 1 unspecified atom stereocenters. The van der Waals surface area contributed by atoms with Crippen molar-refractivity contribution in [3.8, 4) is 0 Å². The monoisotopic (exact) mass is 303 g/mol. The topological polar surface area (TPSA) is 40.5 Å². The lowest BCUT2D eigenvalue weighted by Gasteiger charge is -2.31. The van der Waals surface area contributed by atoms with Gasteiger partial charge in [-0.05, 0) is 49.9 Å². The molecule has 21 heavy (non-hydrogen) atoms. The Kier molecular flexibility index (Phi) is 5.02. The maximum Gasteiger partial charge on any atom is 0.305 e. The summed E-state index contributed by atoms with van der Waals surface area (Å²) in [6.07, 6.45) is 0.142. The molecule has 1 aromatic heterocycles. The van der Waals surface area contributed by atoms with Crippen LogP contribution in [0.2, 0.25) is 0 Å². The molecule has 3 nitrogen and oxygen atoms in total. The Morgan fingerprint density at radius 3 is 2.43 bits per heavy atom. The van der Waals surface area contributed by atoms with Gasteiger partial charge < -0.3 is 10.0 Å². The van der Waals surface area contributed by atoms with Crippen LogP contribution < -0.4 is 4.90 Å². The Morgan fingerprint density at radius 1 is 1.24 bits per heavy atom. The SMILES string of the molecule is Cc1ccc(N(CCC(=O)O)C(C)c2sccc2C)cc1. The molecule has 0 radical (unpaired) electrons. The summed E-state index contributed by atoms with van der Waals surface area (Å²) in [5, 5.41) is 11.1. The first-order chi connectivity index (χ1) is 9.99. The second kappa shape index (κ2) is 6.76. The number of aryl methyl sites for hydroxylation is 2. The van der Waals surface area contributed by atoms with E-state index in [4.69, 9.17) is 5.11 Å². The predicted molar refractivity (Wildman–Crippen MR) is 88.2 cm³/mol. The molecule has 112 valence electrons. The highest BCUT2D eigenvalue weighted by atomic mass is 32.1. The van der Waals surface area contributed by atoms with Crippen LogP contribution in [0.15, 0.2) is 35.7 Å². The molecular weight excluding hydrogens is 282 g/mol. The molecule has 1 N–H and O–H groups in total. The number of hydrogen-bond donors (Lipinski definition) is 1. The van der Waals surface area contributed by atoms with Gasteiger partial charge in [-0.1, -0.05) is 17.7 Å². The maximum absolute atomic E-state index is 10.9. The summed E-state index contributed by atoms with van der Waals surface area (Å²) in [6.45, 7) is 6.81. The predicted octanol–water partition coefficient (Wildman–Crippen LogP) is 4.41. The highest BCUT2D eigenvalue weighted by Crippen LogP contribution is 2.32. The highest BCUT2D eigenvalue weighted by Gasteiger charge is 2.19. The summed E-state index contributed by atoms with van der Waals surface area (Å²) >= 11 is 1.73. The van der Waals surface area contributed by atoms with Crippen LogP contribution in [0.25, 0.3) is 0 Å². The number of carboxylic acids is 1. The number of benzene rings is 1. The first-order valence-corrected chi connectivity index (χ1v) is 7.96. The van der Waals surface area contributed by atoms with E-state index >= 15 is 0 Å². The quantitative estimate of drug-likeness (QED) is 0.859. The minimum Gasteiger partial charge on any atom is -0.481 e. The van der Waals surface area contributed by atoms with Crippen LogP contribution in [-0.2, 0) is 4.79 Å². The zero-order valence-electron chi connectivity index (χ0n) is 12.7. The van der Waals surface area contributed by atoms with Crippen molar-refractivity contribution in [1.29, 1.82) is 0 Å². The van der Waals surface area contributed by atoms with Gasteiger partial charge in [0.15, 0.2) is 0 Å². The van der Waals surface area contributed by atoms with E-state index in [0.29, 0.717) is 6.54 Å². The van der Waals surface area contributed by atoms with Crippen molar-refractivity contribution in [2.45, 2.75) is 33.2 Å². The molecule has 1 atom stereocenters. The molecule has 0 saturated heterocycles. The number of carbonyl (C=O) groups is 1. The smallest absolute Gasteiger partial charge is 0.305 e. The van der Waals surface area contributed by atoms with Crippen LogP contribution >= 0.6 is 11.3 Å². The number of hydrogen-bond acceptors (Lipinski definition) is 3. The van der Waals surface area contributed by atoms with Crippen molar-refractivity contribution in [1.82, 2.24) is 0 Å². The zero-order chi connectivity index (χ0) is 15.4. The first kappa shape index (κ1) is 15.6. The Hall–Kier alpha value is -1.81. The van der Waals surface area contributed by atoms with Gasteiger partial charge in [0.25, 0.3) is 0 Å². The fourth-order valence-electron chi connectivity index (χ4n) is 2.45. The van der Waals surface area contributed by atoms with Gasteiger partial charge in [0.2, 0.25) is 0 Å². The average Bonchev–Trinajstić information content (AvgIpc) is 2.86. The van der Waals surface area contributed by atoms with E-state index in [1.165, 1.54) is 16.0 Å². The van der Waals surface area contributed by atoms with Gasteiger partial charge >= 0.3 is 5.97 Å². The number of rotatable bonds is 6. The standard InChI is InChI=1S/C17H21NO2S/c1-12-4-6-15(7-5-12)18(10-8-16(19)20)14(3)17-13(2)9-11-21-17/h4-7,9,11,14H,8,10H2,1-3H3,(H,19,20). The van der Waals surface area contributed by atoms with Crippen LogP contribution in [0.1, 0.15) is 35.4 Å². The Bertz CT molecular complexity index is 604. The molecule has 2 aromatic rings. The van der Waals surface area contributed by atoms with Gasteiger partial charge in [0.1, 0.15) is 0 Å². The fourth-order valence-corrected chi connectivity index (χ4v) is 3.45. The van der Waals surface area contributed by atoms with Crippen LogP contribution in [0.4, 0.5) is 5.69 Å².